The number of thiazole rings is 1. The Hall–Kier alpha value is -0.320. The molecule has 1 N–H and O–H groups in total. The minimum Gasteiger partial charge on any atom is -0.344 e. The molecule has 1 aliphatic rings. The normalized spacial score (nSPS) is 20.6. The summed E-state index contributed by atoms with van der Waals surface area (Å²) in [5.74, 6) is 0. The minimum absolute atomic E-state index is 0.463. The molecule has 0 aromatic carbocycles. The van der Waals surface area contributed by atoms with E-state index in [1.807, 2.05) is 5.38 Å². The van der Waals surface area contributed by atoms with Gasteiger partial charge in [0, 0.05) is 24.0 Å². The van der Waals surface area contributed by atoms with Crippen LogP contribution in [-0.2, 0) is 0 Å². The van der Waals surface area contributed by atoms with Crippen LogP contribution in [0.2, 0.25) is 5.15 Å². The van der Waals surface area contributed by atoms with Gasteiger partial charge in [0.25, 0.3) is 0 Å². The van der Waals surface area contributed by atoms with E-state index in [4.69, 9.17) is 11.6 Å². The van der Waals surface area contributed by atoms with Gasteiger partial charge in [0.05, 0.1) is 0 Å². The molecule has 0 aliphatic carbocycles. The van der Waals surface area contributed by atoms with Crippen LogP contribution in [0.3, 0.4) is 0 Å². The van der Waals surface area contributed by atoms with E-state index < -0.39 is 0 Å². The summed E-state index contributed by atoms with van der Waals surface area (Å²) in [5.41, 5.74) is 0. The van der Waals surface area contributed by atoms with Gasteiger partial charge >= 0.3 is 0 Å². The van der Waals surface area contributed by atoms with E-state index in [1.165, 1.54) is 12.8 Å². The lowest BCUT2D eigenvalue weighted by Gasteiger charge is -2.29. The summed E-state index contributed by atoms with van der Waals surface area (Å²) in [5, 5.41) is 7.06. The third-order valence-corrected chi connectivity index (χ3v) is 4.11. The van der Waals surface area contributed by atoms with Crippen molar-refractivity contribution in [3.8, 4) is 0 Å². The summed E-state index contributed by atoms with van der Waals surface area (Å²) in [6, 6.07) is 1.06. The highest BCUT2D eigenvalue weighted by molar-refractivity contribution is 7.14. The van der Waals surface area contributed by atoms with Gasteiger partial charge in [-0.25, -0.2) is 4.98 Å². The van der Waals surface area contributed by atoms with Gasteiger partial charge in [-0.3, -0.25) is 0 Å². The van der Waals surface area contributed by atoms with Gasteiger partial charge < -0.3 is 10.2 Å². The summed E-state index contributed by atoms with van der Waals surface area (Å²) in [4.78, 5) is 6.69. The Morgan fingerprint density at radius 1 is 1.69 bits per heavy atom. The lowest BCUT2D eigenvalue weighted by molar-refractivity contribution is 0.552. The first-order valence-corrected chi connectivity index (χ1v) is 7.03. The third-order valence-electron chi connectivity index (χ3n) is 2.91. The predicted molar refractivity (Wildman–Crippen MR) is 70.6 cm³/mol. The van der Waals surface area contributed by atoms with Crippen LogP contribution in [0.1, 0.15) is 26.7 Å². The highest BCUT2D eigenvalue weighted by atomic mass is 35.5. The molecule has 1 aromatic rings. The summed E-state index contributed by atoms with van der Waals surface area (Å²) < 4.78 is 0. The van der Waals surface area contributed by atoms with Crippen LogP contribution in [-0.4, -0.2) is 30.2 Å². The van der Waals surface area contributed by atoms with Crippen molar-refractivity contribution in [1.82, 2.24) is 10.3 Å². The highest BCUT2D eigenvalue weighted by Crippen LogP contribution is 2.25. The first-order chi connectivity index (χ1) is 7.66. The molecule has 3 nitrogen and oxygen atoms in total. The molecule has 0 amide bonds. The molecule has 0 spiro atoms. The van der Waals surface area contributed by atoms with E-state index >= 15 is 0 Å². The zero-order valence-corrected chi connectivity index (χ0v) is 11.3. The summed E-state index contributed by atoms with van der Waals surface area (Å²) in [7, 11) is 0. The minimum atomic E-state index is 0.463. The van der Waals surface area contributed by atoms with E-state index in [-0.39, 0.29) is 0 Å². The van der Waals surface area contributed by atoms with Gasteiger partial charge in [-0.05, 0) is 33.2 Å². The standard InChI is InChI=1S/C11H18ClN3S/c1-8(2)15(6-9-4-3-5-13-9)11-14-10(12)7-16-11/h7-9,13H,3-6H2,1-2H3. The van der Waals surface area contributed by atoms with Crippen LogP contribution in [0.15, 0.2) is 5.38 Å². The summed E-state index contributed by atoms with van der Waals surface area (Å²) in [6.07, 6.45) is 2.55. The first kappa shape index (κ1) is 12.1. The van der Waals surface area contributed by atoms with E-state index in [0.717, 1.165) is 18.2 Å². The molecule has 1 fully saturated rings. The van der Waals surface area contributed by atoms with Gasteiger partial charge in [0.1, 0.15) is 5.15 Å². The van der Waals surface area contributed by atoms with Crippen LogP contribution in [0, 0.1) is 0 Å². The van der Waals surface area contributed by atoms with E-state index in [1.54, 1.807) is 11.3 Å². The van der Waals surface area contributed by atoms with Crippen molar-refractivity contribution in [1.29, 1.82) is 0 Å². The fraction of sp³-hybridized carbons (Fsp3) is 0.727. The summed E-state index contributed by atoms with van der Waals surface area (Å²) in [6.45, 7) is 6.57. The summed E-state index contributed by atoms with van der Waals surface area (Å²) >= 11 is 7.51. The SMILES string of the molecule is CC(C)N(CC1CCCN1)c1nc(Cl)cs1. The number of hydrogen-bond donors (Lipinski definition) is 1. The van der Waals surface area contributed by atoms with Crippen LogP contribution in [0.5, 0.6) is 0 Å². The van der Waals surface area contributed by atoms with Crippen LogP contribution in [0.4, 0.5) is 5.13 Å². The molecule has 2 heterocycles. The molecule has 1 saturated heterocycles. The molecule has 90 valence electrons. The highest BCUT2D eigenvalue weighted by Gasteiger charge is 2.21. The number of aromatic nitrogens is 1. The Labute approximate surface area is 106 Å². The molecular weight excluding hydrogens is 242 g/mol. The van der Waals surface area contributed by atoms with Crippen LogP contribution < -0.4 is 10.2 Å². The Bertz CT molecular complexity index is 334. The molecule has 0 radical (unpaired) electrons. The van der Waals surface area contributed by atoms with E-state index in [0.29, 0.717) is 17.2 Å². The second-order valence-electron chi connectivity index (χ2n) is 4.49. The van der Waals surface area contributed by atoms with Gasteiger partial charge in [-0.1, -0.05) is 11.6 Å². The molecule has 16 heavy (non-hydrogen) atoms. The van der Waals surface area contributed by atoms with Crippen molar-refractivity contribution in [2.45, 2.75) is 38.8 Å². The smallest absolute Gasteiger partial charge is 0.187 e. The maximum Gasteiger partial charge on any atom is 0.187 e. The average molecular weight is 260 g/mol. The average Bonchev–Trinajstić information content (AvgIpc) is 2.84. The number of nitrogens with one attached hydrogen (secondary N) is 1. The third kappa shape index (κ3) is 2.87. The quantitative estimate of drug-likeness (QED) is 0.901. The largest absolute Gasteiger partial charge is 0.344 e. The zero-order valence-electron chi connectivity index (χ0n) is 9.74. The Morgan fingerprint density at radius 2 is 2.50 bits per heavy atom. The number of halogens is 1. The number of nitrogens with zero attached hydrogens (tertiary/aromatic N) is 2. The van der Waals surface area contributed by atoms with E-state index in [2.05, 4.69) is 29.0 Å². The topological polar surface area (TPSA) is 28.2 Å². The Morgan fingerprint density at radius 3 is 3.00 bits per heavy atom. The molecule has 1 unspecified atom stereocenters. The molecule has 1 aliphatic heterocycles. The van der Waals surface area contributed by atoms with Gasteiger partial charge in [-0.2, -0.15) is 0 Å². The molecule has 1 aromatic heterocycles. The van der Waals surface area contributed by atoms with Gasteiger partial charge in [-0.15, -0.1) is 11.3 Å². The van der Waals surface area contributed by atoms with Crippen molar-refractivity contribution in [3.05, 3.63) is 10.5 Å². The Kier molecular flexibility index (Phi) is 4.05. The predicted octanol–water partition coefficient (Wildman–Crippen LogP) is 2.76. The number of hydrogen-bond acceptors (Lipinski definition) is 4. The van der Waals surface area contributed by atoms with Crippen molar-refractivity contribution >= 4 is 28.1 Å². The van der Waals surface area contributed by atoms with Crippen molar-refractivity contribution in [2.75, 3.05) is 18.0 Å². The van der Waals surface area contributed by atoms with E-state index in [9.17, 15) is 0 Å². The molecule has 0 bridgehead atoms. The maximum atomic E-state index is 5.88. The van der Waals surface area contributed by atoms with Gasteiger partial charge in [0.2, 0.25) is 0 Å². The second kappa shape index (κ2) is 5.34. The van der Waals surface area contributed by atoms with Crippen molar-refractivity contribution < 1.29 is 0 Å². The fourth-order valence-electron chi connectivity index (χ4n) is 2.04. The molecule has 5 heteroatoms. The number of anilines is 1. The monoisotopic (exact) mass is 259 g/mol. The molecule has 1 atom stereocenters. The molecular formula is C11H18ClN3S. The van der Waals surface area contributed by atoms with Crippen molar-refractivity contribution in [3.63, 3.8) is 0 Å². The first-order valence-electron chi connectivity index (χ1n) is 5.78. The molecule has 0 saturated carbocycles. The fourth-order valence-corrected chi connectivity index (χ4v) is 3.13. The van der Waals surface area contributed by atoms with Gasteiger partial charge in [0.15, 0.2) is 5.13 Å². The molecule has 2 rings (SSSR count). The maximum absolute atomic E-state index is 5.88. The van der Waals surface area contributed by atoms with Crippen LogP contribution in [0.25, 0.3) is 0 Å². The Balaban J connectivity index is 2.04. The lowest BCUT2D eigenvalue weighted by atomic mass is 10.2. The van der Waals surface area contributed by atoms with Crippen LogP contribution >= 0.6 is 22.9 Å². The van der Waals surface area contributed by atoms with Crippen molar-refractivity contribution in [2.24, 2.45) is 0 Å². The second-order valence-corrected chi connectivity index (χ2v) is 5.72. The zero-order chi connectivity index (χ0) is 11.5. The lowest BCUT2D eigenvalue weighted by Crippen LogP contribution is -2.41. The number of rotatable bonds is 4.